The van der Waals surface area contributed by atoms with Crippen molar-refractivity contribution in [3.8, 4) is 0 Å². The van der Waals surface area contributed by atoms with Crippen LogP contribution in [0.15, 0.2) is 54.9 Å². The number of rotatable bonds is 1. The van der Waals surface area contributed by atoms with Gasteiger partial charge in [0.25, 0.3) is 0 Å². The summed E-state index contributed by atoms with van der Waals surface area (Å²) < 4.78 is 6.34. The fourth-order valence-corrected chi connectivity index (χ4v) is 2.31. The predicted molar refractivity (Wildman–Crippen MR) is 68.3 cm³/mol. The van der Waals surface area contributed by atoms with E-state index in [0.29, 0.717) is 0 Å². The van der Waals surface area contributed by atoms with Crippen LogP contribution in [0.2, 0.25) is 0 Å². The molecular formula is C13H10BN3+. The minimum atomic E-state index is 1.20. The van der Waals surface area contributed by atoms with E-state index < -0.39 is 0 Å². The summed E-state index contributed by atoms with van der Waals surface area (Å²) in [6.07, 6.45) is 6.26. The van der Waals surface area contributed by atoms with Crippen LogP contribution < -0.4 is 0 Å². The second kappa shape index (κ2) is 3.14. The largest absolute Gasteiger partial charge is 0.725 e. The second-order valence-corrected chi connectivity index (χ2v) is 4.18. The van der Waals surface area contributed by atoms with Gasteiger partial charge in [-0.15, -0.1) is 0 Å². The average molecular weight is 219 g/mol. The van der Waals surface area contributed by atoms with Crippen molar-refractivity contribution in [1.29, 1.82) is 0 Å². The Bertz CT molecular complexity index is 736. The van der Waals surface area contributed by atoms with Crippen molar-refractivity contribution in [2.24, 2.45) is 0 Å². The second-order valence-electron chi connectivity index (χ2n) is 4.18. The molecule has 3 nitrogen and oxygen atoms in total. The molecule has 2 aromatic heterocycles. The van der Waals surface area contributed by atoms with Crippen molar-refractivity contribution in [1.82, 2.24) is 9.15 Å². The molecule has 1 aliphatic heterocycles. The quantitative estimate of drug-likeness (QED) is 0.553. The summed E-state index contributed by atoms with van der Waals surface area (Å²) in [7, 11) is 2.07. The number of hydrogen-bond acceptors (Lipinski definition) is 0. The lowest BCUT2D eigenvalue weighted by Crippen LogP contribution is -2.22. The van der Waals surface area contributed by atoms with Crippen LogP contribution >= 0.6 is 0 Å². The van der Waals surface area contributed by atoms with Gasteiger partial charge >= 0.3 is 7.55 Å². The molecule has 0 saturated heterocycles. The number of nitrogens with zero attached hydrogens (tertiary/aromatic N) is 3. The topological polar surface area (TPSA) is 12.9 Å². The zero-order valence-corrected chi connectivity index (χ0v) is 9.19. The van der Waals surface area contributed by atoms with E-state index in [4.69, 9.17) is 0 Å². The van der Waals surface area contributed by atoms with Crippen LogP contribution in [-0.2, 0) is 0 Å². The Morgan fingerprint density at radius 3 is 2.82 bits per heavy atom. The van der Waals surface area contributed by atoms with Gasteiger partial charge in [0, 0.05) is 5.39 Å². The zero-order valence-electron chi connectivity index (χ0n) is 9.19. The van der Waals surface area contributed by atoms with E-state index in [-0.39, 0.29) is 0 Å². The maximum atomic E-state index is 2.14. The van der Waals surface area contributed by atoms with Gasteiger partial charge in [-0.25, -0.2) is 0 Å². The lowest BCUT2D eigenvalue weighted by molar-refractivity contribution is -0.438. The van der Waals surface area contributed by atoms with E-state index in [2.05, 4.69) is 76.3 Å². The number of para-hydroxylation sites is 1. The first kappa shape index (κ1) is 8.87. The zero-order chi connectivity index (χ0) is 11.2. The predicted octanol–water partition coefficient (Wildman–Crippen LogP) is 1.73. The molecule has 4 rings (SSSR count). The van der Waals surface area contributed by atoms with Crippen LogP contribution in [0.5, 0.6) is 0 Å². The van der Waals surface area contributed by atoms with Crippen LogP contribution in [0, 0.1) is 0 Å². The highest BCUT2D eigenvalue weighted by molar-refractivity contribution is 6.28. The van der Waals surface area contributed by atoms with Gasteiger partial charge in [0.05, 0.1) is 11.9 Å². The summed E-state index contributed by atoms with van der Waals surface area (Å²) in [6.45, 7) is 0. The van der Waals surface area contributed by atoms with Gasteiger partial charge in [-0.2, -0.15) is 9.27 Å². The molecule has 0 spiro atoms. The minimum Gasteiger partial charge on any atom is -0.319 e. The molecule has 0 amide bonds. The molecule has 3 heterocycles. The Labute approximate surface area is 99.5 Å². The van der Waals surface area contributed by atoms with Gasteiger partial charge in [0.15, 0.2) is 6.21 Å². The highest BCUT2D eigenvalue weighted by Crippen LogP contribution is 2.15. The Morgan fingerprint density at radius 1 is 0.941 bits per heavy atom. The van der Waals surface area contributed by atoms with E-state index in [0.717, 1.165) is 0 Å². The SMILES string of the molecule is [B]1n2cccc2C=[N+]1n1ccc2ccccc21. The normalized spacial score (nSPS) is 13.5. The van der Waals surface area contributed by atoms with Crippen molar-refractivity contribution >= 4 is 24.7 Å². The molecule has 1 aromatic carbocycles. The Morgan fingerprint density at radius 2 is 1.88 bits per heavy atom. The first-order chi connectivity index (χ1) is 8.42. The summed E-state index contributed by atoms with van der Waals surface area (Å²) in [5, 5.41) is 1.26. The van der Waals surface area contributed by atoms with Gasteiger partial charge in [-0.1, -0.05) is 18.2 Å². The molecule has 4 heteroatoms. The van der Waals surface area contributed by atoms with Crippen LogP contribution in [0.25, 0.3) is 10.9 Å². The van der Waals surface area contributed by atoms with E-state index in [9.17, 15) is 0 Å². The average Bonchev–Trinajstić information content (AvgIpc) is 3.01. The maximum Gasteiger partial charge on any atom is 0.725 e. The minimum absolute atomic E-state index is 1.20. The number of benzene rings is 1. The molecule has 17 heavy (non-hydrogen) atoms. The van der Waals surface area contributed by atoms with Gasteiger partial charge in [-0.3, -0.25) is 0 Å². The third-order valence-corrected chi connectivity index (χ3v) is 3.15. The smallest absolute Gasteiger partial charge is 0.319 e. The van der Waals surface area contributed by atoms with Gasteiger partial charge in [0.1, 0.15) is 5.52 Å². The third kappa shape index (κ3) is 1.21. The van der Waals surface area contributed by atoms with Crippen LogP contribution in [0.3, 0.4) is 0 Å². The Kier molecular flexibility index (Phi) is 1.64. The molecule has 1 radical (unpaired) electrons. The molecule has 0 bridgehead atoms. The molecule has 0 atom stereocenters. The third-order valence-electron chi connectivity index (χ3n) is 3.15. The first-order valence-electron chi connectivity index (χ1n) is 5.63. The summed E-state index contributed by atoms with van der Waals surface area (Å²) in [5.41, 5.74) is 2.41. The van der Waals surface area contributed by atoms with Crippen molar-refractivity contribution < 1.29 is 4.60 Å². The maximum absolute atomic E-state index is 2.14. The van der Waals surface area contributed by atoms with E-state index in [1.54, 1.807) is 0 Å². The van der Waals surface area contributed by atoms with E-state index in [1.165, 1.54) is 16.6 Å². The number of fused-ring (bicyclic) bond motifs is 2. The van der Waals surface area contributed by atoms with Gasteiger partial charge < -0.3 is 4.48 Å². The molecular weight excluding hydrogens is 209 g/mol. The standard InChI is InChI=1S/C13H10BN3/c1-2-6-13-11(4-1)7-9-16(13)17-10-12-5-3-8-15(12)14-17/h1-10H/q+1. The lowest BCUT2D eigenvalue weighted by Gasteiger charge is -1.99. The Balaban J connectivity index is 1.89. The molecule has 0 N–H and O–H groups in total. The van der Waals surface area contributed by atoms with Crippen LogP contribution in [0.4, 0.5) is 0 Å². The molecule has 79 valence electrons. The fourth-order valence-electron chi connectivity index (χ4n) is 2.31. The van der Waals surface area contributed by atoms with Crippen molar-refractivity contribution in [2.45, 2.75) is 0 Å². The van der Waals surface area contributed by atoms with Crippen molar-refractivity contribution in [3.05, 3.63) is 60.6 Å². The molecule has 0 saturated carbocycles. The molecule has 3 aromatic rings. The lowest BCUT2D eigenvalue weighted by atomic mass is 10.2. The van der Waals surface area contributed by atoms with E-state index in [1.807, 2.05) is 6.07 Å². The summed E-state index contributed by atoms with van der Waals surface area (Å²) >= 11 is 0. The number of aromatic nitrogens is 2. The summed E-state index contributed by atoms with van der Waals surface area (Å²) in [4.78, 5) is 0. The molecule has 0 unspecified atom stereocenters. The van der Waals surface area contributed by atoms with Gasteiger partial charge in [-0.05, 0) is 30.5 Å². The highest BCUT2D eigenvalue weighted by Gasteiger charge is 2.26. The first-order valence-corrected chi connectivity index (χ1v) is 5.63. The van der Waals surface area contributed by atoms with Crippen LogP contribution in [-0.4, -0.2) is 27.5 Å². The Hall–Kier alpha value is -2.23. The monoisotopic (exact) mass is 219 g/mol. The summed E-state index contributed by atoms with van der Waals surface area (Å²) in [6, 6.07) is 14.7. The van der Waals surface area contributed by atoms with E-state index >= 15 is 0 Å². The van der Waals surface area contributed by atoms with Crippen molar-refractivity contribution in [2.75, 3.05) is 0 Å². The molecule has 0 aliphatic carbocycles. The summed E-state index contributed by atoms with van der Waals surface area (Å²) in [5.74, 6) is 0. The number of hydrogen-bond donors (Lipinski definition) is 0. The molecule has 1 aliphatic rings. The van der Waals surface area contributed by atoms with Crippen LogP contribution in [0.1, 0.15) is 5.69 Å². The fraction of sp³-hybridized carbons (Fsp3) is 0. The highest BCUT2D eigenvalue weighted by atomic mass is 15.5. The van der Waals surface area contributed by atoms with Crippen molar-refractivity contribution in [3.63, 3.8) is 0 Å². The van der Waals surface area contributed by atoms with Gasteiger partial charge in [0.2, 0.25) is 0 Å². The molecule has 0 fully saturated rings.